The van der Waals surface area contributed by atoms with Gasteiger partial charge in [0, 0.05) is 22.3 Å². The molecule has 0 bridgehead atoms. The molecule has 2 aromatic rings. The molecule has 0 aromatic heterocycles. The molecule has 0 atom stereocenters. The van der Waals surface area contributed by atoms with Crippen molar-refractivity contribution in [3.05, 3.63) is 70.8 Å². The Bertz CT molecular complexity index is 963. The fourth-order valence-corrected chi connectivity index (χ4v) is 4.35. The number of unbranched alkanes of at least 4 members (excludes halogenated alkanes) is 2. The van der Waals surface area contributed by atoms with Crippen molar-refractivity contribution in [1.29, 1.82) is 0 Å². The Balaban J connectivity index is 1.97. The largest absolute Gasteiger partial charge is 0.493 e. The monoisotopic (exact) mass is 474 g/mol. The van der Waals surface area contributed by atoms with Crippen LogP contribution in [-0.4, -0.2) is 19.0 Å². The predicted octanol–water partition coefficient (Wildman–Crippen LogP) is 8.54. The molecule has 0 unspecified atom stereocenters. The summed E-state index contributed by atoms with van der Waals surface area (Å²) >= 11 is 0. The maximum atomic E-state index is 13.7. The van der Waals surface area contributed by atoms with Gasteiger partial charge in [0.05, 0.1) is 13.2 Å². The molecule has 1 aliphatic rings. The Morgan fingerprint density at radius 1 is 0.771 bits per heavy atom. The first kappa shape index (κ1) is 26.8. The SMILES string of the molecule is CCCCOc1ccccc1/C=C1\CC(C(C)(C)C)C/C(=C\c2ccccc2OCCCC)C1=O. The van der Waals surface area contributed by atoms with Crippen LogP contribution in [-0.2, 0) is 4.79 Å². The van der Waals surface area contributed by atoms with Crippen LogP contribution in [0.15, 0.2) is 59.7 Å². The summed E-state index contributed by atoms with van der Waals surface area (Å²) in [5.41, 5.74) is 3.76. The Morgan fingerprint density at radius 2 is 1.20 bits per heavy atom. The van der Waals surface area contributed by atoms with E-state index in [9.17, 15) is 4.79 Å². The standard InChI is InChI=1S/C32H42O3/c1-6-8-18-34-29-16-12-10-14-24(29)20-26-22-28(32(3,4)5)23-27(31(26)33)21-25-15-11-13-17-30(25)35-19-9-7-2/h10-17,20-21,28H,6-9,18-19,22-23H2,1-5H3/b26-20+,27-21+. The second kappa shape index (κ2) is 12.8. The third kappa shape index (κ3) is 7.59. The molecule has 3 heteroatoms. The lowest BCUT2D eigenvalue weighted by molar-refractivity contribution is -0.113. The highest BCUT2D eigenvalue weighted by Gasteiger charge is 2.34. The molecule has 1 aliphatic carbocycles. The van der Waals surface area contributed by atoms with Gasteiger partial charge in [-0.3, -0.25) is 4.79 Å². The van der Waals surface area contributed by atoms with Gasteiger partial charge in [0.25, 0.3) is 0 Å². The lowest BCUT2D eigenvalue weighted by Gasteiger charge is -2.35. The fraction of sp³-hybridized carbons (Fsp3) is 0.469. The van der Waals surface area contributed by atoms with E-state index in [2.05, 4.69) is 46.8 Å². The summed E-state index contributed by atoms with van der Waals surface area (Å²) in [6.45, 7) is 12.5. The number of carbonyl (C=O) groups excluding carboxylic acids is 1. The van der Waals surface area contributed by atoms with E-state index in [0.29, 0.717) is 19.1 Å². The second-order valence-corrected chi connectivity index (χ2v) is 10.6. The topological polar surface area (TPSA) is 35.5 Å². The Labute approximate surface area is 212 Å². The maximum Gasteiger partial charge on any atom is 0.185 e. The molecule has 0 spiro atoms. The quantitative estimate of drug-likeness (QED) is 0.256. The fourth-order valence-electron chi connectivity index (χ4n) is 4.35. The Morgan fingerprint density at radius 3 is 1.60 bits per heavy atom. The van der Waals surface area contributed by atoms with E-state index in [1.807, 2.05) is 48.5 Å². The van der Waals surface area contributed by atoms with Crippen molar-refractivity contribution >= 4 is 17.9 Å². The molecule has 0 N–H and O–H groups in total. The molecule has 1 fully saturated rings. The number of rotatable bonds is 10. The van der Waals surface area contributed by atoms with Crippen LogP contribution < -0.4 is 9.47 Å². The predicted molar refractivity (Wildman–Crippen MR) is 147 cm³/mol. The number of carbonyl (C=O) groups is 1. The van der Waals surface area contributed by atoms with Crippen LogP contribution in [0.3, 0.4) is 0 Å². The van der Waals surface area contributed by atoms with Gasteiger partial charge in [-0.05, 0) is 61.3 Å². The summed E-state index contributed by atoms with van der Waals surface area (Å²) in [7, 11) is 0. The second-order valence-electron chi connectivity index (χ2n) is 10.6. The van der Waals surface area contributed by atoms with Crippen LogP contribution in [0.5, 0.6) is 11.5 Å². The number of benzene rings is 2. The first-order valence-electron chi connectivity index (χ1n) is 13.2. The van der Waals surface area contributed by atoms with Crippen molar-refractivity contribution in [3.63, 3.8) is 0 Å². The van der Waals surface area contributed by atoms with Crippen LogP contribution in [0.1, 0.15) is 84.3 Å². The molecule has 2 aromatic carbocycles. The minimum Gasteiger partial charge on any atom is -0.493 e. The van der Waals surface area contributed by atoms with Gasteiger partial charge >= 0.3 is 0 Å². The Kier molecular flexibility index (Phi) is 9.77. The highest BCUT2D eigenvalue weighted by atomic mass is 16.5. The van der Waals surface area contributed by atoms with E-state index in [1.54, 1.807) is 0 Å². The average Bonchev–Trinajstić information content (AvgIpc) is 2.83. The van der Waals surface area contributed by atoms with Crippen molar-refractivity contribution in [2.45, 2.75) is 73.1 Å². The van der Waals surface area contributed by atoms with Gasteiger partial charge in [-0.15, -0.1) is 0 Å². The molecule has 3 rings (SSSR count). The summed E-state index contributed by atoms with van der Waals surface area (Å²) in [4.78, 5) is 13.7. The lowest BCUT2D eigenvalue weighted by Crippen LogP contribution is -2.29. The molecular formula is C32H42O3. The lowest BCUT2D eigenvalue weighted by atomic mass is 9.68. The number of hydrogen-bond donors (Lipinski definition) is 0. The molecule has 0 aliphatic heterocycles. The molecule has 0 radical (unpaired) electrons. The van der Waals surface area contributed by atoms with Crippen LogP contribution in [0.4, 0.5) is 0 Å². The minimum atomic E-state index is 0.0904. The highest BCUT2D eigenvalue weighted by Crippen LogP contribution is 2.42. The van der Waals surface area contributed by atoms with E-state index >= 15 is 0 Å². The van der Waals surface area contributed by atoms with E-state index in [1.165, 1.54) is 0 Å². The van der Waals surface area contributed by atoms with Gasteiger partial charge in [-0.2, -0.15) is 0 Å². The first-order chi connectivity index (χ1) is 16.8. The highest BCUT2D eigenvalue weighted by molar-refractivity contribution is 6.14. The van der Waals surface area contributed by atoms with Crippen molar-refractivity contribution < 1.29 is 14.3 Å². The maximum absolute atomic E-state index is 13.7. The number of ketones is 1. The molecule has 35 heavy (non-hydrogen) atoms. The van der Waals surface area contributed by atoms with E-state index in [4.69, 9.17) is 9.47 Å². The van der Waals surface area contributed by atoms with Crippen molar-refractivity contribution in [1.82, 2.24) is 0 Å². The first-order valence-corrected chi connectivity index (χ1v) is 13.2. The molecule has 0 saturated heterocycles. The summed E-state index contributed by atoms with van der Waals surface area (Å²) in [5, 5.41) is 0. The summed E-state index contributed by atoms with van der Waals surface area (Å²) < 4.78 is 12.1. The summed E-state index contributed by atoms with van der Waals surface area (Å²) in [6.07, 6.45) is 9.87. The molecule has 3 nitrogen and oxygen atoms in total. The number of para-hydroxylation sites is 2. The number of Topliss-reactive ketones (excluding diaryl/α,β-unsaturated/α-hetero) is 1. The zero-order valence-electron chi connectivity index (χ0n) is 22.2. The average molecular weight is 475 g/mol. The van der Waals surface area contributed by atoms with Gasteiger partial charge in [-0.1, -0.05) is 83.9 Å². The molecular weight excluding hydrogens is 432 g/mol. The van der Waals surface area contributed by atoms with Crippen LogP contribution >= 0.6 is 0 Å². The van der Waals surface area contributed by atoms with Crippen molar-refractivity contribution in [3.8, 4) is 11.5 Å². The van der Waals surface area contributed by atoms with Gasteiger partial charge in [0.2, 0.25) is 0 Å². The van der Waals surface area contributed by atoms with Gasteiger partial charge in [0.15, 0.2) is 5.78 Å². The van der Waals surface area contributed by atoms with E-state index in [-0.39, 0.29) is 11.2 Å². The van der Waals surface area contributed by atoms with Crippen LogP contribution in [0.2, 0.25) is 0 Å². The number of hydrogen-bond acceptors (Lipinski definition) is 3. The van der Waals surface area contributed by atoms with Crippen molar-refractivity contribution in [2.24, 2.45) is 11.3 Å². The van der Waals surface area contributed by atoms with Crippen molar-refractivity contribution in [2.75, 3.05) is 13.2 Å². The molecule has 1 saturated carbocycles. The van der Waals surface area contributed by atoms with Crippen LogP contribution in [0, 0.1) is 11.3 Å². The summed E-state index contributed by atoms with van der Waals surface area (Å²) in [5.74, 6) is 2.20. The number of allylic oxidation sites excluding steroid dienone is 2. The minimum absolute atomic E-state index is 0.0904. The summed E-state index contributed by atoms with van der Waals surface area (Å²) in [6, 6.07) is 16.1. The third-order valence-electron chi connectivity index (χ3n) is 6.75. The van der Waals surface area contributed by atoms with Gasteiger partial charge in [-0.25, -0.2) is 0 Å². The van der Waals surface area contributed by atoms with Crippen LogP contribution in [0.25, 0.3) is 12.2 Å². The normalized spacial score (nSPS) is 18.8. The Hall–Kier alpha value is -2.81. The zero-order chi connectivity index (χ0) is 25.3. The molecule has 0 amide bonds. The van der Waals surface area contributed by atoms with Gasteiger partial charge < -0.3 is 9.47 Å². The third-order valence-corrected chi connectivity index (χ3v) is 6.75. The van der Waals surface area contributed by atoms with E-state index in [0.717, 1.165) is 72.3 Å². The smallest absolute Gasteiger partial charge is 0.185 e. The van der Waals surface area contributed by atoms with Gasteiger partial charge in [0.1, 0.15) is 11.5 Å². The number of ether oxygens (including phenoxy) is 2. The van der Waals surface area contributed by atoms with E-state index < -0.39 is 0 Å². The molecule has 188 valence electrons. The molecule has 0 heterocycles. The zero-order valence-corrected chi connectivity index (χ0v) is 22.2.